The number of aryl methyl sites for hydroxylation is 1. The van der Waals surface area contributed by atoms with Crippen molar-refractivity contribution in [1.82, 2.24) is 9.59 Å². The minimum atomic E-state index is -0.162. The van der Waals surface area contributed by atoms with Gasteiger partial charge in [0.05, 0.1) is 11.4 Å². The van der Waals surface area contributed by atoms with E-state index in [0.717, 1.165) is 32.9 Å². The zero-order chi connectivity index (χ0) is 14.0. The lowest BCUT2D eigenvalue weighted by atomic mass is 10.1. The Morgan fingerprint density at radius 3 is 2.84 bits per heavy atom. The van der Waals surface area contributed by atoms with E-state index in [2.05, 4.69) is 30.8 Å². The quantitative estimate of drug-likeness (QED) is 0.919. The summed E-state index contributed by atoms with van der Waals surface area (Å²) >= 11 is 4.55. The standard InChI is InChI=1S/C13H14BrN3OS/c1-7(2)11-12(19-17-16-11)13(18)15-10-6-8(3)4-5-9(10)14/h4-7H,1-3H3,(H,15,18). The van der Waals surface area contributed by atoms with Gasteiger partial charge in [-0.2, -0.15) is 0 Å². The summed E-state index contributed by atoms with van der Waals surface area (Å²) in [6.07, 6.45) is 0. The maximum absolute atomic E-state index is 12.3. The summed E-state index contributed by atoms with van der Waals surface area (Å²) in [5.74, 6) is 0.0189. The van der Waals surface area contributed by atoms with Crippen LogP contribution in [0.3, 0.4) is 0 Å². The highest BCUT2D eigenvalue weighted by molar-refractivity contribution is 9.10. The smallest absolute Gasteiger partial charge is 0.269 e. The maximum Gasteiger partial charge on any atom is 0.269 e. The Morgan fingerprint density at radius 1 is 1.42 bits per heavy atom. The molecule has 100 valence electrons. The first kappa shape index (κ1) is 14.1. The van der Waals surface area contributed by atoms with Crippen LogP contribution in [0.15, 0.2) is 22.7 Å². The fraction of sp³-hybridized carbons (Fsp3) is 0.308. The SMILES string of the molecule is Cc1ccc(Br)c(NC(=O)c2snnc2C(C)C)c1. The number of carbonyl (C=O) groups excluding carboxylic acids is 1. The summed E-state index contributed by atoms with van der Waals surface area (Å²) in [6, 6.07) is 5.82. The Morgan fingerprint density at radius 2 is 2.16 bits per heavy atom. The van der Waals surface area contributed by atoms with Crippen LogP contribution in [0.4, 0.5) is 5.69 Å². The van der Waals surface area contributed by atoms with Crippen molar-refractivity contribution in [2.24, 2.45) is 0 Å². The van der Waals surface area contributed by atoms with Crippen LogP contribution in [-0.4, -0.2) is 15.5 Å². The van der Waals surface area contributed by atoms with Gasteiger partial charge in [0.1, 0.15) is 4.88 Å². The minimum absolute atomic E-state index is 0.162. The van der Waals surface area contributed by atoms with Crippen LogP contribution in [0, 0.1) is 6.92 Å². The van der Waals surface area contributed by atoms with Gasteiger partial charge in [-0.25, -0.2) is 0 Å². The van der Waals surface area contributed by atoms with Gasteiger partial charge in [0, 0.05) is 4.47 Å². The Kier molecular flexibility index (Phi) is 4.31. The number of anilines is 1. The molecule has 1 amide bonds. The number of nitrogens with one attached hydrogen (secondary N) is 1. The monoisotopic (exact) mass is 339 g/mol. The van der Waals surface area contributed by atoms with Gasteiger partial charge in [-0.3, -0.25) is 4.79 Å². The van der Waals surface area contributed by atoms with Crippen molar-refractivity contribution in [2.75, 3.05) is 5.32 Å². The number of rotatable bonds is 3. The molecule has 2 aromatic rings. The molecule has 0 aliphatic carbocycles. The van der Waals surface area contributed by atoms with Crippen molar-refractivity contribution in [3.05, 3.63) is 38.8 Å². The molecule has 1 aromatic heterocycles. The van der Waals surface area contributed by atoms with Crippen molar-refractivity contribution in [2.45, 2.75) is 26.7 Å². The summed E-state index contributed by atoms with van der Waals surface area (Å²) in [5.41, 5.74) is 2.59. The van der Waals surface area contributed by atoms with E-state index in [1.54, 1.807) is 0 Å². The molecular formula is C13H14BrN3OS. The molecule has 0 saturated heterocycles. The van der Waals surface area contributed by atoms with E-state index in [1.807, 2.05) is 39.0 Å². The zero-order valence-corrected chi connectivity index (χ0v) is 13.3. The van der Waals surface area contributed by atoms with Gasteiger partial charge in [0.15, 0.2) is 0 Å². The van der Waals surface area contributed by atoms with E-state index in [9.17, 15) is 4.79 Å². The summed E-state index contributed by atoms with van der Waals surface area (Å²) in [7, 11) is 0. The highest BCUT2D eigenvalue weighted by Crippen LogP contribution is 2.26. The van der Waals surface area contributed by atoms with Crippen LogP contribution in [0.1, 0.15) is 40.7 Å². The number of halogens is 1. The molecule has 0 atom stereocenters. The Balaban J connectivity index is 2.26. The van der Waals surface area contributed by atoms with Crippen molar-refractivity contribution in [3.8, 4) is 0 Å². The minimum Gasteiger partial charge on any atom is -0.320 e. The summed E-state index contributed by atoms with van der Waals surface area (Å²) in [5, 5.41) is 6.91. The van der Waals surface area contributed by atoms with E-state index >= 15 is 0 Å². The normalized spacial score (nSPS) is 10.8. The van der Waals surface area contributed by atoms with Crippen LogP contribution in [0.25, 0.3) is 0 Å². The van der Waals surface area contributed by atoms with Crippen molar-refractivity contribution in [3.63, 3.8) is 0 Å². The lowest BCUT2D eigenvalue weighted by molar-refractivity contribution is 0.102. The number of hydrogen-bond donors (Lipinski definition) is 1. The number of benzene rings is 1. The molecule has 0 aliphatic heterocycles. The third-order valence-corrected chi connectivity index (χ3v) is 4.07. The predicted octanol–water partition coefficient (Wildman–Crippen LogP) is 3.98. The molecule has 2 rings (SSSR count). The van der Waals surface area contributed by atoms with E-state index in [1.165, 1.54) is 0 Å². The Hall–Kier alpha value is -1.27. The van der Waals surface area contributed by atoms with Gasteiger partial charge in [-0.05, 0) is 58.0 Å². The van der Waals surface area contributed by atoms with Gasteiger partial charge in [0.2, 0.25) is 0 Å². The average Bonchev–Trinajstić information content (AvgIpc) is 2.83. The Bertz CT molecular complexity index is 610. The molecular weight excluding hydrogens is 326 g/mol. The van der Waals surface area contributed by atoms with E-state index < -0.39 is 0 Å². The predicted molar refractivity (Wildman–Crippen MR) is 80.8 cm³/mol. The molecule has 0 unspecified atom stereocenters. The number of aromatic nitrogens is 2. The second-order valence-corrected chi connectivity index (χ2v) is 6.19. The third-order valence-electron chi connectivity index (χ3n) is 2.64. The molecule has 6 heteroatoms. The van der Waals surface area contributed by atoms with Crippen LogP contribution >= 0.6 is 27.5 Å². The second kappa shape index (κ2) is 5.79. The molecule has 0 bridgehead atoms. The van der Waals surface area contributed by atoms with E-state index in [-0.39, 0.29) is 11.8 Å². The molecule has 0 saturated carbocycles. The number of hydrogen-bond acceptors (Lipinski definition) is 4. The van der Waals surface area contributed by atoms with Gasteiger partial charge in [-0.1, -0.05) is 24.4 Å². The molecule has 0 radical (unpaired) electrons. The average molecular weight is 340 g/mol. The Labute approximate surface area is 124 Å². The molecule has 19 heavy (non-hydrogen) atoms. The highest BCUT2D eigenvalue weighted by Gasteiger charge is 2.19. The zero-order valence-electron chi connectivity index (χ0n) is 10.9. The van der Waals surface area contributed by atoms with Gasteiger partial charge >= 0.3 is 0 Å². The van der Waals surface area contributed by atoms with Gasteiger partial charge in [-0.15, -0.1) is 5.10 Å². The van der Waals surface area contributed by atoms with Crippen LogP contribution in [0.2, 0.25) is 0 Å². The first-order chi connectivity index (χ1) is 8.99. The second-order valence-electron chi connectivity index (χ2n) is 4.58. The fourth-order valence-corrected chi connectivity index (χ4v) is 2.71. The molecule has 1 heterocycles. The molecule has 0 fully saturated rings. The van der Waals surface area contributed by atoms with Gasteiger partial charge < -0.3 is 5.32 Å². The lowest BCUT2D eigenvalue weighted by Gasteiger charge is -2.08. The third kappa shape index (κ3) is 3.19. The summed E-state index contributed by atoms with van der Waals surface area (Å²) in [6.45, 7) is 5.97. The van der Waals surface area contributed by atoms with Crippen molar-refractivity contribution >= 4 is 39.1 Å². The maximum atomic E-state index is 12.3. The number of carbonyl (C=O) groups is 1. The molecule has 4 nitrogen and oxygen atoms in total. The topological polar surface area (TPSA) is 54.9 Å². The molecule has 1 aromatic carbocycles. The fourth-order valence-electron chi connectivity index (χ4n) is 1.65. The molecule has 0 spiro atoms. The number of amides is 1. The lowest BCUT2D eigenvalue weighted by Crippen LogP contribution is -2.13. The van der Waals surface area contributed by atoms with Crippen molar-refractivity contribution < 1.29 is 4.79 Å². The number of nitrogens with zero attached hydrogens (tertiary/aromatic N) is 2. The highest BCUT2D eigenvalue weighted by atomic mass is 79.9. The first-order valence-corrected chi connectivity index (χ1v) is 7.45. The van der Waals surface area contributed by atoms with E-state index in [0.29, 0.717) is 4.88 Å². The van der Waals surface area contributed by atoms with Crippen LogP contribution in [-0.2, 0) is 0 Å². The van der Waals surface area contributed by atoms with Crippen LogP contribution in [0.5, 0.6) is 0 Å². The molecule has 0 aliphatic rings. The van der Waals surface area contributed by atoms with Crippen molar-refractivity contribution in [1.29, 1.82) is 0 Å². The summed E-state index contributed by atoms with van der Waals surface area (Å²) in [4.78, 5) is 12.8. The molecule has 1 N–H and O–H groups in total. The van der Waals surface area contributed by atoms with Gasteiger partial charge in [0.25, 0.3) is 5.91 Å². The first-order valence-electron chi connectivity index (χ1n) is 5.88. The van der Waals surface area contributed by atoms with Crippen LogP contribution < -0.4 is 5.32 Å². The van der Waals surface area contributed by atoms with E-state index in [4.69, 9.17) is 0 Å². The largest absolute Gasteiger partial charge is 0.320 e. The summed E-state index contributed by atoms with van der Waals surface area (Å²) < 4.78 is 4.72.